The lowest BCUT2D eigenvalue weighted by molar-refractivity contribution is 0.590. The van der Waals surface area contributed by atoms with E-state index in [0.29, 0.717) is 11.2 Å². The summed E-state index contributed by atoms with van der Waals surface area (Å²) in [5, 5.41) is 10.4. The van der Waals surface area contributed by atoms with Gasteiger partial charge in [0.1, 0.15) is 0 Å². The molecule has 0 saturated heterocycles. The molecule has 6 heteroatoms. The molecule has 0 aliphatic heterocycles. The quantitative estimate of drug-likeness (QED) is 0.293. The summed E-state index contributed by atoms with van der Waals surface area (Å²) in [7, 11) is 0. The van der Waals surface area contributed by atoms with E-state index in [0.717, 1.165) is 33.2 Å². The largest absolute Gasteiger partial charge is 0.268 e. The zero-order valence-corrected chi connectivity index (χ0v) is 21.0. The summed E-state index contributed by atoms with van der Waals surface area (Å²) < 4.78 is 3.72. The molecular weight excluding hydrogens is 440 g/mol. The van der Waals surface area contributed by atoms with E-state index in [9.17, 15) is 4.79 Å². The van der Waals surface area contributed by atoms with Crippen LogP contribution in [-0.2, 0) is 11.2 Å². The van der Waals surface area contributed by atoms with Gasteiger partial charge in [-0.3, -0.25) is 9.20 Å². The summed E-state index contributed by atoms with van der Waals surface area (Å²) in [6.07, 6.45) is 0. The van der Waals surface area contributed by atoms with Gasteiger partial charge in [0, 0.05) is 5.75 Å². The van der Waals surface area contributed by atoms with Crippen LogP contribution in [0.5, 0.6) is 0 Å². The maximum atomic E-state index is 13.6. The highest BCUT2D eigenvalue weighted by molar-refractivity contribution is 7.98. The van der Waals surface area contributed by atoms with Crippen LogP contribution >= 0.6 is 11.8 Å². The van der Waals surface area contributed by atoms with Crippen LogP contribution in [0.1, 0.15) is 43.0 Å². The lowest BCUT2D eigenvalue weighted by Crippen LogP contribution is -2.23. The summed E-state index contributed by atoms with van der Waals surface area (Å²) in [4.78, 5) is 13.6. The molecule has 5 aromatic rings. The van der Waals surface area contributed by atoms with Crippen molar-refractivity contribution in [1.82, 2.24) is 19.2 Å². The van der Waals surface area contributed by atoms with Crippen molar-refractivity contribution < 1.29 is 0 Å². The molecule has 0 atom stereocenters. The van der Waals surface area contributed by atoms with Crippen LogP contribution in [-0.4, -0.2) is 19.2 Å². The highest BCUT2D eigenvalue weighted by Gasteiger charge is 2.20. The Morgan fingerprint density at radius 3 is 2.21 bits per heavy atom. The van der Waals surface area contributed by atoms with Crippen molar-refractivity contribution in [2.45, 2.75) is 50.9 Å². The van der Waals surface area contributed by atoms with Crippen LogP contribution in [0.25, 0.3) is 22.4 Å². The average molecular weight is 469 g/mol. The molecule has 172 valence electrons. The number of fused-ring (bicyclic) bond motifs is 3. The highest BCUT2D eigenvalue weighted by atomic mass is 32.2. The number of thioether (sulfide) groups is 1. The molecule has 2 heterocycles. The zero-order chi connectivity index (χ0) is 24.0. The van der Waals surface area contributed by atoms with Gasteiger partial charge in [-0.25, -0.2) is 4.57 Å². The van der Waals surface area contributed by atoms with Gasteiger partial charge >= 0.3 is 0 Å². The Morgan fingerprint density at radius 2 is 1.53 bits per heavy atom. The van der Waals surface area contributed by atoms with Crippen LogP contribution in [0.3, 0.4) is 0 Å². The minimum atomic E-state index is -0.0813. The molecule has 0 radical (unpaired) electrons. The lowest BCUT2D eigenvalue weighted by atomic mass is 9.87. The number of aryl methyl sites for hydroxylation is 2. The van der Waals surface area contributed by atoms with E-state index < -0.39 is 0 Å². The highest BCUT2D eigenvalue weighted by Crippen LogP contribution is 2.28. The number of para-hydroxylation sites is 2. The Bertz CT molecular complexity index is 1550. The zero-order valence-electron chi connectivity index (χ0n) is 20.2. The normalized spacial score (nSPS) is 12.0. The van der Waals surface area contributed by atoms with Gasteiger partial charge in [-0.15, -0.1) is 10.2 Å². The van der Waals surface area contributed by atoms with Crippen molar-refractivity contribution in [3.8, 4) is 5.69 Å². The van der Waals surface area contributed by atoms with Gasteiger partial charge in [0.2, 0.25) is 5.78 Å². The fourth-order valence-electron chi connectivity index (χ4n) is 4.38. The number of aromatic nitrogens is 4. The molecule has 3 aromatic carbocycles. The first kappa shape index (κ1) is 22.4. The lowest BCUT2D eigenvalue weighted by Gasteiger charge is -2.19. The van der Waals surface area contributed by atoms with E-state index in [1.165, 1.54) is 11.1 Å². The molecule has 0 bridgehead atoms. The molecule has 0 N–H and O–H groups in total. The van der Waals surface area contributed by atoms with Crippen molar-refractivity contribution in [3.63, 3.8) is 0 Å². The molecule has 5 rings (SSSR count). The fourth-order valence-corrected chi connectivity index (χ4v) is 5.28. The van der Waals surface area contributed by atoms with Gasteiger partial charge in [-0.05, 0) is 53.6 Å². The van der Waals surface area contributed by atoms with Crippen molar-refractivity contribution in [2.24, 2.45) is 0 Å². The third-order valence-corrected chi connectivity index (χ3v) is 7.25. The van der Waals surface area contributed by atoms with Crippen molar-refractivity contribution in [2.75, 3.05) is 0 Å². The van der Waals surface area contributed by atoms with Gasteiger partial charge in [-0.1, -0.05) is 87.1 Å². The SMILES string of the molecule is Cc1cccc(C)c1-n1c(=O)c2ccccc2n2c(SCc3ccc(C(C)(C)C)cc3)nnc12. The number of rotatable bonds is 4. The van der Waals surface area contributed by atoms with Crippen molar-refractivity contribution in [3.05, 3.63) is 99.3 Å². The molecule has 0 aliphatic rings. The third kappa shape index (κ3) is 3.82. The topological polar surface area (TPSA) is 52.2 Å². The summed E-state index contributed by atoms with van der Waals surface area (Å²) in [6, 6.07) is 22.5. The minimum Gasteiger partial charge on any atom is -0.268 e. The number of hydrogen-bond acceptors (Lipinski definition) is 4. The molecule has 0 fully saturated rings. The Balaban J connectivity index is 1.64. The van der Waals surface area contributed by atoms with E-state index in [4.69, 9.17) is 0 Å². The second-order valence-corrected chi connectivity index (χ2v) is 10.7. The summed E-state index contributed by atoms with van der Waals surface area (Å²) in [5.41, 5.74) is 6.32. The van der Waals surface area contributed by atoms with E-state index in [2.05, 4.69) is 55.2 Å². The third-order valence-electron chi connectivity index (χ3n) is 6.25. The van der Waals surface area contributed by atoms with Gasteiger partial charge in [0.05, 0.1) is 16.6 Å². The Labute approximate surface area is 203 Å². The van der Waals surface area contributed by atoms with E-state index in [-0.39, 0.29) is 11.0 Å². The van der Waals surface area contributed by atoms with Crippen molar-refractivity contribution >= 4 is 28.4 Å². The van der Waals surface area contributed by atoms with Gasteiger partial charge in [-0.2, -0.15) is 0 Å². The maximum Gasteiger partial charge on any atom is 0.267 e. The molecule has 5 nitrogen and oxygen atoms in total. The monoisotopic (exact) mass is 468 g/mol. The predicted molar refractivity (Wildman–Crippen MR) is 140 cm³/mol. The Kier molecular flexibility index (Phi) is 5.56. The second kappa shape index (κ2) is 8.44. The number of nitrogens with zero attached hydrogens (tertiary/aromatic N) is 4. The fraction of sp³-hybridized carbons (Fsp3) is 0.250. The minimum absolute atomic E-state index is 0.0813. The van der Waals surface area contributed by atoms with Gasteiger partial charge < -0.3 is 0 Å². The second-order valence-electron chi connectivity index (χ2n) is 9.75. The van der Waals surface area contributed by atoms with Crippen LogP contribution in [0, 0.1) is 13.8 Å². The first-order valence-electron chi connectivity index (χ1n) is 11.4. The Morgan fingerprint density at radius 1 is 0.853 bits per heavy atom. The molecular formula is C28H28N4OS. The first-order valence-corrected chi connectivity index (χ1v) is 12.4. The molecule has 34 heavy (non-hydrogen) atoms. The predicted octanol–water partition coefficient (Wildman–Crippen LogP) is 6.24. The molecule has 2 aromatic heterocycles. The van der Waals surface area contributed by atoms with Crippen LogP contribution in [0.15, 0.2) is 76.7 Å². The summed E-state index contributed by atoms with van der Waals surface area (Å²) in [6.45, 7) is 10.7. The standard InChI is InChI=1S/C28H28N4OS/c1-18-9-8-10-19(2)24(18)32-25(33)22-11-6-7-12-23(22)31-26(32)29-30-27(31)34-17-20-13-15-21(16-14-20)28(3,4)5/h6-16H,17H2,1-5H3. The Hall–Kier alpha value is -3.38. The maximum absolute atomic E-state index is 13.6. The van der Waals surface area contributed by atoms with E-state index >= 15 is 0 Å². The summed E-state index contributed by atoms with van der Waals surface area (Å²) >= 11 is 1.63. The van der Waals surface area contributed by atoms with E-state index in [1.54, 1.807) is 16.3 Å². The number of hydrogen-bond donors (Lipinski definition) is 0. The molecule has 0 saturated carbocycles. The first-order chi connectivity index (χ1) is 16.3. The van der Waals surface area contributed by atoms with Gasteiger partial charge in [0.25, 0.3) is 5.56 Å². The van der Waals surface area contributed by atoms with Crippen LogP contribution in [0.2, 0.25) is 0 Å². The summed E-state index contributed by atoms with van der Waals surface area (Å²) in [5.74, 6) is 1.30. The smallest absolute Gasteiger partial charge is 0.267 e. The van der Waals surface area contributed by atoms with Gasteiger partial charge in [0.15, 0.2) is 5.16 Å². The molecule has 0 aliphatic carbocycles. The number of benzene rings is 3. The molecule has 0 amide bonds. The van der Waals surface area contributed by atoms with Crippen LogP contribution in [0.4, 0.5) is 0 Å². The molecule has 0 unspecified atom stereocenters. The van der Waals surface area contributed by atoms with E-state index in [1.807, 2.05) is 60.7 Å². The average Bonchev–Trinajstić information content (AvgIpc) is 3.23. The molecule has 0 spiro atoms. The van der Waals surface area contributed by atoms with Crippen molar-refractivity contribution in [1.29, 1.82) is 0 Å². The van der Waals surface area contributed by atoms with Crippen LogP contribution < -0.4 is 5.56 Å².